The van der Waals surface area contributed by atoms with Gasteiger partial charge in [0.05, 0.1) is 5.56 Å². The van der Waals surface area contributed by atoms with E-state index in [1.807, 2.05) is 24.3 Å². The smallest absolute Gasteiger partial charge is 0.349 e. The fourth-order valence-electron chi connectivity index (χ4n) is 3.00. The summed E-state index contributed by atoms with van der Waals surface area (Å²) in [5.74, 6) is 0.771. The van der Waals surface area contributed by atoms with E-state index in [-0.39, 0.29) is 24.7 Å². The summed E-state index contributed by atoms with van der Waals surface area (Å²) in [5.41, 5.74) is 1.56. The number of carbonyl (C=O) groups is 1. The monoisotopic (exact) mass is 403 g/mol. The number of hydrogen-bond donors (Lipinski definition) is 1. The number of carboxylic acids is 1. The summed E-state index contributed by atoms with van der Waals surface area (Å²) in [4.78, 5) is 11.7. The lowest BCUT2D eigenvalue weighted by Gasteiger charge is -2.17. The minimum atomic E-state index is -1.25. The number of fused-ring (bicyclic) bond motifs is 1. The SMILES string of the molecule is N#Cc1ccc(OCc2ccc3c(c2)OCO3)cc1O[C@@H](C(=O)O)c1ccccc1. The van der Waals surface area contributed by atoms with Crippen molar-refractivity contribution in [2.75, 3.05) is 6.79 Å². The second kappa shape index (κ2) is 8.45. The summed E-state index contributed by atoms with van der Waals surface area (Å²) in [5, 5.41) is 19.0. The summed E-state index contributed by atoms with van der Waals surface area (Å²) in [6.07, 6.45) is -1.25. The first-order valence-corrected chi connectivity index (χ1v) is 9.14. The lowest BCUT2D eigenvalue weighted by atomic mass is 10.1. The minimum absolute atomic E-state index is 0.136. The van der Waals surface area contributed by atoms with Gasteiger partial charge < -0.3 is 24.1 Å². The summed E-state index contributed by atoms with van der Waals surface area (Å²) >= 11 is 0. The number of carboxylic acid groups (broad SMARTS) is 1. The summed E-state index contributed by atoms with van der Waals surface area (Å²) < 4.78 is 22.2. The van der Waals surface area contributed by atoms with Crippen LogP contribution < -0.4 is 18.9 Å². The molecule has 4 rings (SSSR count). The normalized spacial score (nSPS) is 12.6. The van der Waals surface area contributed by atoms with Crippen molar-refractivity contribution >= 4 is 5.97 Å². The van der Waals surface area contributed by atoms with Crippen molar-refractivity contribution in [1.29, 1.82) is 5.26 Å². The van der Waals surface area contributed by atoms with Gasteiger partial charge in [0, 0.05) is 11.6 Å². The molecule has 0 amide bonds. The largest absolute Gasteiger partial charge is 0.489 e. The standard InChI is InChI=1S/C23H17NO6/c24-12-17-7-8-18(27-13-15-6-9-19-21(10-15)29-14-28-19)11-20(17)30-22(23(25)26)16-4-2-1-3-5-16/h1-11,22H,13-14H2,(H,25,26)/t22-/m1/s1. The Morgan fingerprint density at radius 1 is 1.07 bits per heavy atom. The zero-order chi connectivity index (χ0) is 20.9. The molecule has 1 heterocycles. The molecule has 1 N–H and O–H groups in total. The predicted octanol–water partition coefficient (Wildman–Crippen LogP) is 4.07. The van der Waals surface area contributed by atoms with Crippen LogP contribution in [0.1, 0.15) is 22.8 Å². The third-order valence-electron chi connectivity index (χ3n) is 4.49. The van der Waals surface area contributed by atoms with Crippen molar-refractivity contribution in [3.8, 4) is 29.1 Å². The minimum Gasteiger partial charge on any atom is -0.489 e. The second-order valence-corrected chi connectivity index (χ2v) is 6.49. The maximum absolute atomic E-state index is 11.7. The highest BCUT2D eigenvalue weighted by atomic mass is 16.7. The van der Waals surface area contributed by atoms with Gasteiger partial charge in [0.15, 0.2) is 11.5 Å². The Morgan fingerprint density at radius 2 is 1.87 bits per heavy atom. The average molecular weight is 403 g/mol. The van der Waals surface area contributed by atoms with Crippen LogP contribution in [-0.4, -0.2) is 17.9 Å². The van der Waals surface area contributed by atoms with Crippen LogP contribution in [0.3, 0.4) is 0 Å². The zero-order valence-corrected chi connectivity index (χ0v) is 15.8. The topological polar surface area (TPSA) is 98.0 Å². The molecule has 3 aromatic rings. The Morgan fingerprint density at radius 3 is 2.63 bits per heavy atom. The molecule has 0 unspecified atom stereocenters. The Balaban J connectivity index is 1.53. The van der Waals surface area contributed by atoms with Crippen molar-refractivity contribution in [3.63, 3.8) is 0 Å². The van der Waals surface area contributed by atoms with Crippen molar-refractivity contribution in [2.45, 2.75) is 12.7 Å². The van der Waals surface area contributed by atoms with Crippen LogP contribution in [0, 0.1) is 11.3 Å². The van der Waals surface area contributed by atoms with E-state index in [2.05, 4.69) is 0 Å². The van der Waals surface area contributed by atoms with Gasteiger partial charge in [-0.2, -0.15) is 5.26 Å². The van der Waals surface area contributed by atoms with Crippen LogP contribution in [0.2, 0.25) is 0 Å². The van der Waals surface area contributed by atoms with Crippen LogP contribution >= 0.6 is 0 Å². The summed E-state index contributed by atoms with van der Waals surface area (Å²) in [6, 6.07) is 20.8. The Bertz CT molecular complexity index is 1110. The molecule has 7 heteroatoms. The van der Waals surface area contributed by atoms with E-state index in [0.29, 0.717) is 22.8 Å². The molecule has 0 aromatic heterocycles. The van der Waals surface area contributed by atoms with Crippen LogP contribution in [0.5, 0.6) is 23.0 Å². The van der Waals surface area contributed by atoms with Crippen LogP contribution in [0.4, 0.5) is 0 Å². The Kier molecular flexibility index (Phi) is 5.39. The van der Waals surface area contributed by atoms with Crippen molar-refractivity contribution in [1.82, 2.24) is 0 Å². The summed E-state index contributed by atoms with van der Waals surface area (Å²) in [7, 11) is 0. The van der Waals surface area contributed by atoms with Gasteiger partial charge in [-0.3, -0.25) is 0 Å². The van der Waals surface area contributed by atoms with E-state index in [0.717, 1.165) is 5.56 Å². The molecule has 0 spiro atoms. The molecule has 0 bridgehead atoms. The van der Waals surface area contributed by atoms with Gasteiger partial charge >= 0.3 is 5.97 Å². The highest BCUT2D eigenvalue weighted by molar-refractivity contribution is 5.75. The van der Waals surface area contributed by atoms with E-state index in [9.17, 15) is 15.2 Å². The molecule has 0 radical (unpaired) electrons. The van der Waals surface area contributed by atoms with E-state index in [1.165, 1.54) is 12.1 Å². The molecule has 30 heavy (non-hydrogen) atoms. The molecular weight excluding hydrogens is 386 g/mol. The highest BCUT2D eigenvalue weighted by Crippen LogP contribution is 2.33. The van der Waals surface area contributed by atoms with Gasteiger partial charge in [-0.05, 0) is 29.8 Å². The number of nitriles is 1. The first-order valence-electron chi connectivity index (χ1n) is 9.14. The molecule has 0 fully saturated rings. The molecular formula is C23H17NO6. The van der Waals surface area contributed by atoms with Gasteiger partial charge in [-0.25, -0.2) is 4.79 Å². The molecule has 7 nitrogen and oxygen atoms in total. The van der Waals surface area contributed by atoms with Gasteiger partial charge in [0.25, 0.3) is 0 Å². The van der Waals surface area contributed by atoms with Crippen LogP contribution in [0.25, 0.3) is 0 Å². The molecule has 0 saturated heterocycles. The maximum atomic E-state index is 11.7. The van der Waals surface area contributed by atoms with Crippen LogP contribution in [-0.2, 0) is 11.4 Å². The fraction of sp³-hybridized carbons (Fsp3) is 0.130. The summed E-state index contributed by atoms with van der Waals surface area (Å²) in [6.45, 7) is 0.450. The molecule has 150 valence electrons. The van der Waals surface area contributed by atoms with Gasteiger partial charge in [-0.1, -0.05) is 36.4 Å². The van der Waals surface area contributed by atoms with Gasteiger partial charge in [-0.15, -0.1) is 0 Å². The number of ether oxygens (including phenoxy) is 4. The zero-order valence-electron chi connectivity index (χ0n) is 15.8. The second-order valence-electron chi connectivity index (χ2n) is 6.49. The van der Waals surface area contributed by atoms with E-state index < -0.39 is 12.1 Å². The number of hydrogen-bond acceptors (Lipinski definition) is 6. The van der Waals surface area contributed by atoms with Crippen LogP contribution in [0.15, 0.2) is 66.7 Å². The third kappa shape index (κ3) is 4.13. The first-order chi connectivity index (χ1) is 14.6. The first kappa shape index (κ1) is 19.2. The number of rotatable bonds is 7. The molecule has 0 aliphatic carbocycles. The Labute approximate surface area is 172 Å². The Hall–Kier alpha value is -4.18. The fourth-order valence-corrected chi connectivity index (χ4v) is 3.00. The molecule has 1 atom stereocenters. The number of benzene rings is 3. The van der Waals surface area contributed by atoms with Gasteiger partial charge in [0.2, 0.25) is 12.9 Å². The predicted molar refractivity (Wildman–Crippen MR) is 106 cm³/mol. The van der Waals surface area contributed by atoms with E-state index in [1.54, 1.807) is 36.4 Å². The van der Waals surface area contributed by atoms with E-state index in [4.69, 9.17) is 18.9 Å². The van der Waals surface area contributed by atoms with Crippen molar-refractivity contribution < 1.29 is 28.8 Å². The van der Waals surface area contributed by atoms with Gasteiger partial charge in [0.1, 0.15) is 24.2 Å². The molecule has 0 saturated carbocycles. The van der Waals surface area contributed by atoms with E-state index >= 15 is 0 Å². The lowest BCUT2D eigenvalue weighted by Crippen LogP contribution is -2.18. The van der Waals surface area contributed by atoms with Crippen molar-refractivity contribution in [2.24, 2.45) is 0 Å². The molecule has 1 aliphatic rings. The highest BCUT2D eigenvalue weighted by Gasteiger charge is 2.23. The number of nitrogens with zero attached hydrogens (tertiary/aromatic N) is 1. The number of aliphatic carboxylic acids is 1. The quantitative estimate of drug-likeness (QED) is 0.635. The molecule has 3 aromatic carbocycles. The average Bonchev–Trinajstić information content (AvgIpc) is 3.24. The maximum Gasteiger partial charge on any atom is 0.349 e. The molecule has 1 aliphatic heterocycles. The third-order valence-corrected chi connectivity index (χ3v) is 4.49. The van der Waals surface area contributed by atoms with Crippen molar-refractivity contribution in [3.05, 3.63) is 83.4 Å². The lowest BCUT2D eigenvalue weighted by molar-refractivity contribution is -0.145.